The van der Waals surface area contributed by atoms with E-state index >= 15 is 0 Å². The maximum absolute atomic E-state index is 12.6. The Bertz CT molecular complexity index is 1490. The van der Waals surface area contributed by atoms with Gasteiger partial charge in [0.1, 0.15) is 17.7 Å². The summed E-state index contributed by atoms with van der Waals surface area (Å²) in [6.07, 6.45) is 3.45. The van der Waals surface area contributed by atoms with Crippen LogP contribution < -0.4 is 14.4 Å². The first-order valence-corrected chi connectivity index (χ1v) is 15.8. The Hall–Kier alpha value is -4.09. The lowest BCUT2D eigenvalue weighted by molar-refractivity contribution is -0.147. The Balaban J connectivity index is 0.000000303. The molecular formula is C32H37FN2O7S. The van der Waals surface area contributed by atoms with Crippen molar-refractivity contribution in [2.45, 2.75) is 58.6 Å². The van der Waals surface area contributed by atoms with Crippen molar-refractivity contribution >= 4 is 33.6 Å². The van der Waals surface area contributed by atoms with Gasteiger partial charge in [0.05, 0.1) is 18.7 Å². The van der Waals surface area contributed by atoms with E-state index < -0.39 is 10.0 Å². The van der Waals surface area contributed by atoms with Gasteiger partial charge in [-0.15, -0.1) is 0 Å². The van der Waals surface area contributed by atoms with Gasteiger partial charge in [0, 0.05) is 26.1 Å². The normalized spacial score (nSPS) is 15.0. The molecule has 1 N–H and O–H groups in total. The molecule has 1 saturated heterocycles. The van der Waals surface area contributed by atoms with Crippen molar-refractivity contribution in [3.8, 4) is 5.75 Å². The van der Waals surface area contributed by atoms with Gasteiger partial charge in [-0.2, -0.15) is 0 Å². The minimum atomic E-state index is -3.16. The molecule has 1 amide bonds. The van der Waals surface area contributed by atoms with Crippen LogP contribution in [0, 0.1) is 5.82 Å². The van der Waals surface area contributed by atoms with Crippen molar-refractivity contribution in [2.24, 2.45) is 0 Å². The molecule has 1 heterocycles. The maximum Gasteiger partial charge on any atom is 0.308 e. The molecule has 4 rings (SSSR count). The van der Waals surface area contributed by atoms with Gasteiger partial charge in [-0.05, 0) is 72.4 Å². The van der Waals surface area contributed by atoms with E-state index in [1.54, 1.807) is 29.2 Å². The standard InChI is InChI=1S/C21H24N2O5S.C11H13FO2/c1-15(24)28-19-11-7-17(8-12-19)20-14-21(25)23(20)18-9-5-16(6-10-18)4-3-13-22-29(2,26)27;1-3-11(14-8(2)13)9-4-6-10(12)7-5-9/h5-12,20,22H,3-4,13-14H2,1-2H3;4-7,11H,3H2,1-2H3. The number of carbonyl (C=O) groups is 3. The Morgan fingerprint density at radius 1 is 0.977 bits per heavy atom. The molecule has 230 valence electrons. The number of carbonyl (C=O) groups excluding carboxylic acids is 3. The molecule has 43 heavy (non-hydrogen) atoms. The van der Waals surface area contributed by atoms with Gasteiger partial charge < -0.3 is 14.4 Å². The highest BCUT2D eigenvalue weighted by Gasteiger charge is 2.38. The fourth-order valence-corrected chi connectivity index (χ4v) is 5.08. The van der Waals surface area contributed by atoms with Gasteiger partial charge in [-0.3, -0.25) is 14.4 Å². The van der Waals surface area contributed by atoms with Crippen LogP contribution in [0.2, 0.25) is 0 Å². The highest BCUT2D eigenvalue weighted by atomic mass is 32.2. The summed E-state index contributed by atoms with van der Waals surface area (Å²) in [5.41, 5.74) is 3.72. The van der Waals surface area contributed by atoms with E-state index in [0.29, 0.717) is 31.6 Å². The minimum Gasteiger partial charge on any atom is -0.458 e. The number of hydrogen-bond acceptors (Lipinski definition) is 7. The van der Waals surface area contributed by atoms with Crippen molar-refractivity contribution in [1.29, 1.82) is 0 Å². The van der Waals surface area contributed by atoms with Gasteiger partial charge in [0.15, 0.2) is 0 Å². The van der Waals surface area contributed by atoms with Gasteiger partial charge in [-0.1, -0.05) is 43.3 Å². The average Bonchev–Trinajstić information content (AvgIpc) is 2.94. The second-order valence-electron chi connectivity index (χ2n) is 10.1. The average molecular weight is 613 g/mol. The molecule has 3 aromatic rings. The Labute approximate surface area is 252 Å². The van der Waals surface area contributed by atoms with Crippen molar-refractivity contribution in [2.75, 3.05) is 17.7 Å². The van der Waals surface area contributed by atoms with E-state index in [-0.39, 0.29) is 35.8 Å². The van der Waals surface area contributed by atoms with Gasteiger partial charge in [0.2, 0.25) is 15.9 Å². The zero-order valence-electron chi connectivity index (χ0n) is 24.7. The minimum absolute atomic E-state index is 0.0429. The predicted octanol–water partition coefficient (Wildman–Crippen LogP) is 5.41. The fraction of sp³-hybridized carbons (Fsp3) is 0.344. The molecule has 1 fully saturated rings. The van der Waals surface area contributed by atoms with Crippen LogP contribution in [0.3, 0.4) is 0 Å². The molecule has 2 unspecified atom stereocenters. The molecule has 11 heteroatoms. The summed E-state index contributed by atoms with van der Waals surface area (Å²) < 4.78 is 47.3. The summed E-state index contributed by atoms with van der Waals surface area (Å²) in [5, 5.41) is 0. The third-order valence-corrected chi connectivity index (χ3v) is 7.35. The molecule has 0 aliphatic carbocycles. The molecule has 0 bridgehead atoms. The van der Waals surface area contributed by atoms with Crippen molar-refractivity contribution in [3.05, 3.63) is 95.3 Å². The number of amides is 1. The zero-order chi connectivity index (χ0) is 31.6. The number of β-lactam (4-membered cyclic amide) rings is 1. The molecule has 9 nitrogen and oxygen atoms in total. The third-order valence-electron chi connectivity index (χ3n) is 6.62. The van der Waals surface area contributed by atoms with E-state index in [4.69, 9.17) is 9.47 Å². The Kier molecular flexibility index (Phi) is 12.0. The second-order valence-corrected chi connectivity index (χ2v) is 12.0. The first-order chi connectivity index (χ1) is 20.4. The number of nitrogens with one attached hydrogen (secondary N) is 1. The summed E-state index contributed by atoms with van der Waals surface area (Å²) in [6.45, 7) is 5.03. The van der Waals surface area contributed by atoms with Crippen molar-refractivity contribution < 1.29 is 36.7 Å². The number of rotatable bonds is 11. The topological polar surface area (TPSA) is 119 Å². The lowest BCUT2D eigenvalue weighted by Gasteiger charge is -2.41. The number of nitrogens with zero attached hydrogens (tertiary/aromatic N) is 1. The monoisotopic (exact) mass is 612 g/mol. The number of aryl methyl sites for hydroxylation is 1. The molecule has 0 radical (unpaired) electrons. The summed E-state index contributed by atoms with van der Waals surface area (Å²) in [5.74, 6) is -0.435. The summed E-state index contributed by atoms with van der Waals surface area (Å²) in [7, 11) is -3.16. The quantitative estimate of drug-likeness (QED) is 0.133. The number of halogens is 1. The van der Waals surface area contributed by atoms with Crippen LogP contribution in [0.15, 0.2) is 72.8 Å². The number of hydrogen-bond donors (Lipinski definition) is 1. The van der Waals surface area contributed by atoms with Crippen molar-refractivity contribution in [1.82, 2.24) is 4.72 Å². The molecule has 0 spiro atoms. The molecule has 2 atom stereocenters. The SMILES string of the molecule is CC(=O)Oc1ccc(C2CC(=O)N2c2ccc(CCCNS(C)(=O)=O)cc2)cc1.CCC(OC(C)=O)c1ccc(F)cc1. The molecule has 0 aromatic heterocycles. The summed E-state index contributed by atoms with van der Waals surface area (Å²) in [6, 6.07) is 20.9. The second kappa shape index (κ2) is 15.4. The fourth-order valence-electron chi connectivity index (χ4n) is 4.57. The van der Waals surface area contributed by atoms with Crippen LogP contribution in [-0.4, -0.2) is 39.1 Å². The van der Waals surface area contributed by atoms with Crippen LogP contribution in [0.5, 0.6) is 5.75 Å². The van der Waals surface area contributed by atoms with Gasteiger partial charge >= 0.3 is 11.9 Å². The van der Waals surface area contributed by atoms with Crippen LogP contribution in [0.1, 0.15) is 68.9 Å². The van der Waals surface area contributed by atoms with E-state index in [9.17, 15) is 27.2 Å². The Morgan fingerprint density at radius 3 is 2.12 bits per heavy atom. The van der Waals surface area contributed by atoms with Crippen LogP contribution >= 0.6 is 0 Å². The van der Waals surface area contributed by atoms with E-state index in [0.717, 1.165) is 35.1 Å². The zero-order valence-corrected chi connectivity index (χ0v) is 25.5. The van der Waals surface area contributed by atoms with Crippen LogP contribution in [0.4, 0.5) is 10.1 Å². The molecular weight excluding hydrogens is 575 g/mol. The Morgan fingerprint density at radius 2 is 1.60 bits per heavy atom. The van der Waals surface area contributed by atoms with E-state index in [1.807, 2.05) is 43.3 Å². The lowest BCUT2D eigenvalue weighted by Crippen LogP contribution is -2.46. The smallest absolute Gasteiger partial charge is 0.308 e. The maximum atomic E-state index is 12.6. The number of anilines is 1. The number of ether oxygens (including phenoxy) is 2. The summed E-state index contributed by atoms with van der Waals surface area (Å²) >= 11 is 0. The third kappa shape index (κ3) is 10.6. The molecule has 1 aliphatic rings. The van der Waals surface area contributed by atoms with E-state index in [1.165, 1.54) is 26.0 Å². The first kappa shape index (κ1) is 33.4. The first-order valence-electron chi connectivity index (χ1n) is 13.9. The summed E-state index contributed by atoms with van der Waals surface area (Å²) in [4.78, 5) is 35.8. The number of sulfonamides is 1. The van der Waals surface area contributed by atoms with Gasteiger partial charge in [0.25, 0.3) is 0 Å². The highest BCUT2D eigenvalue weighted by Crippen LogP contribution is 2.39. The highest BCUT2D eigenvalue weighted by molar-refractivity contribution is 7.88. The molecule has 3 aromatic carbocycles. The number of esters is 2. The predicted molar refractivity (Wildman–Crippen MR) is 161 cm³/mol. The van der Waals surface area contributed by atoms with E-state index in [2.05, 4.69) is 4.72 Å². The van der Waals surface area contributed by atoms with Crippen molar-refractivity contribution in [3.63, 3.8) is 0 Å². The van der Waals surface area contributed by atoms with Gasteiger partial charge in [-0.25, -0.2) is 17.5 Å². The number of benzene rings is 3. The van der Waals surface area contributed by atoms with Crippen LogP contribution in [-0.2, 0) is 35.6 Å². The molecule has 1 aliphatic heterocycles. The molecule has 0 saturated carbocycles. The largest absolute Gasteiger partial charge is 0.458 e. The lowest BCUT2D eigenvalue weighted by atomic mass is 9.92. The van der Waals surface area contributed by atoms with Crippen LogP contribution in [0.25, 0.3) is 0 Å².